The smallest absolute Gasteiger partial charge is 0.143 e. The van der Waals surface area contributed by atoms with Gasteiger partial charge in [0.2, 0.25) is 0 Å². The number of nitrogens with zero attached hydrogens (tertiary/aromatic N) is 2. The third-order valence-corrected chi connectivity index (χ3v) is 3.31. The maximum absolute atomic E-state index is 11.5. The summed E-state index contributed by atoms with van der Waals surface area (Å²) in [7, 11) is -1.23. The molecule has 2 N–H and O–H groups in total. The van der Waals surface area contributed by atoms with Crippen molar-refractivity contribution in [1.29, 1.82) is 5.26 Å². The number of nitriles is 1. The van der Waals surface area contributed by atoms with Gasteiger partial charge in [-0.15, -0.1) is 0 Å². The molecule has 18 heavy (non-hydrogen) atoms. The van der Waals surface area contributed by atoms with E-state index in [2.05, 4.69) is 4.98 Å². The summed E-state index contributed by atoms with van der Waals surface area (Å²) in [5.74, 6) is 0.115. The molecule has 0 saturated carbocycles. The lowest BCUT2D eigenvalue weighted by atomic mass is 10.0. The maximum atomic E-state index is 11.5. The van der Waals surface area contributed by atoms with Gasteiger partial charge in [-0.25, -0.2) is 4.98 Å². The van der Waals surface area contributed by atoms with Crippen LogP contribution in [0.1, 0.15) is 5.56 Å². The molecule has 0 saturated heterocycles. The fourth-order valence-corrected chi connectivity index (χ4v) is 2.16. The van der Waals surface area contributed by atoms with Gasteiger partial charge < -0.3 is 5.73 Å². The second kappa shape index (κ2) is 4.98. The molecular formula is C13H11N3OS. The number of hydrogen-bond donors (Lipinski definition) is 1. The Labute approximate surface area is 108 Å². The normalized spacial score (nSPS) is 11.8. The maximum Gasteiger partial charge on any atom is 0.143 e. The standard InChI is InChI=1S/C13H11N3OS/c1-18(17)12-7-10(9-5-3-2-4-6-9)11(8-14)13(15)16-12/h2-7H,1H3,(H2,15,16). The summed E-state index contributed by atoms with van der Waals surface area (Å²) in [4.78, 5) is 3.98. The first-order valence-corrected chi connectivity index (χ1v) is 6.78. The number of hydrogen-bond acceptors (Lipinski definition) is 4. The number of benzene rings is 1. The summed E-state index contributed by atoms with van der Waals surface area (Å²) in [6.07, 6.45) is 1.53. The Morgan fingerprint density at radius 3 is 2.56 bits per heavy atom. The molecule has 0 aliphatic carbocycles. The molecule has 0 amide bonds. The Morgan fingerprint density at radius 2 is 2.00 bits per heavy atom. The summed E-state index contributed by atoms with van der Waals surface area (Å²) >= 11 is 0. The molecule has 1 unspecified atom stereocenters. The lowest BCUT2D eigenvalue weighted by molar-refractivity contribution is 0.684. The molecule has 1 heterocycles. The van der Waals surface area contributed by atoms with Crippen LogP contribution in [0.4, 0.5) is 5.82 Å². The zero-order valence-corrected chi connectivity index (χ0v) is 10.6. The van der Waals surface area contributed by atoms with Crippen molar-refractivity contribution >= 4 is 16.6 Å². The van der Waals surface area contributed by atoms with Crippen molar-refractivity contribution in [3.05, 3.63) is 42.0 Å². The Kier molecular flexibility index (Phi) is 3.40. The van der Waals surface area contributed by atoms with E-state index in [0.29, 0.717) is 16.2 Å². The third kappa shape index (κ3) is 2.24. The molecule has 0 aliphatic rings. The van der Waals surface area contributed by atoms with E-state index < -0.39 is 10.8 Å². The number of aromatic nitrogens is 1. The lowest BCUT2D eigenvalue weighted by Gasteiger charge is -2.08. The first-order valence-electron chi connectivity index (χ1n) is 5.23. The number of anilines is 1. The molecule has 0 fully saturated rings. The van der Waals surface area contributed by atoms with Gasteiger partial charge in [0.15, 0.2) is 0 Å². The van der Waals surface area contributed by atoms with Gasteiger partial charge in [-0.1, -0.05) is 30.3 Å². The van der Waals surface area contributed by atoms with Crippen LogP contribution < -0.4 is 5.73 Å². The predicted molar refractivity (Wildman–Crippen MR) is 71.1 cm³/mol. The van der Waals surface area contributed by atoms with Crippen LogP contribution in [0.5, 0.6) is 0 Å². The predicted octanol–water partition coefficient (Wildman–Crippen LogP) is 1.94. The second-order valence-electron chi connectivity index (χ2n) is 3.70. The van der Waals surface area contributed by atoms with Gasteiger partial charge in [0.1, 0.15) is 22.5 Å². The van der Waals surface area contributed by atoms with Gasteiger partial charge in [0.05, 0.1) is 10.8 Å². The van der Waals surface area contributed by atoms with Crippen LogP contribution in [0.2, 0.25) is 0 Å². The van der Waals surface area contributed by atoms with Gasteiger partial charge in [0, 0.05) is 11.8 Å². The van der Waals surface area contributed by atoms with E-state index in [9.17, 15) is 4.21 Å². The SMILES string of the molecule is CS(=O)c1cc(-c2ccccc2)c(C#N)c(N)n1. The van der Waals surface area contributed by atoms with Crippen LogP contribution >= 0.6 is 0 Å². The fraction of sp³-hybridized carbons (Fsp3) is 0.0769. The van der Waals surface area contributed by atoms with Gasteiger partial charge in [0.25, 0.3) is 0 Å². The molecule has 0 spiro atoms. The zero-order valence-electron chi connectivity index (χ0n) is 9.75. The molecule has 1 atom stereocenters. The summed E-state index contributed by atoms with van der Waals surface area (Å²) in [5.41, 5.74) is 7.57. The van der Waals surface area contributed by atoms with E-state index in [1.807, 2.05) is 36.4 Å². The molecule has 0 bridgehead atoms. The van der Waals surface area contributed by atoms with Gasteiger partial charge in [-0.05, 0) is 11.6 Å². The van der Waals surface area contributed by atoms with Crippen LogP contribution in [-0.4, -0.2) is 15.4 Å². The van der Waals surface area contributed by atoms with Crippen LogP contribution in [-0.2, 0) is 10.8 Å². The van der Waals surface area contributed by atoms with Gasteiger partial charge >= 0.3 is 0 Å². The Morgan fingerprint density at radius 1 is 1.33 bits per heavy atom. The van der Waals surface area contributed by atoms with E-state index >= 15 is 0 Å². The second-order valence-corrected chi connectivity index (χ2v) is 5.03. The van der Waals surface area contributed by atoms with E-state index in [-0.39, 0.29) is 5.82 Å². The van der Waals surface area contributed by atoms with E-state index in [1.54, 1.807) is 6.07 Å². The number of nitrogen functional groups attached to an aromatic ring is 1. The van der Waals surface area contributed by atoms with Gasteiger partial charge in [-0.2, -0.15) is 5.26 Å². The van der Waals surface area contributed by atoms with E-state index in [0.717, 1.165) is 5.56 Å². The van der Waals surface area contributed by atoms with Crippen molar-refractivity contribution in [3.63, 3.8) is 0 Å². The van der Waals surface area contributed by atoms with Crippen LogP contribution in [0.25, 0.3) is 11.1 Å². The third-order valence-electron chi connectivity index (χ3n) is 2.52. The fourth-order valence-electron chi connectivity index (χ4n) is 1.65. The Balaban J connectivity index is 2.73. The largest absolute Gasteiger partial charge is 0.383 e. The quantitative estimate of drug-likeness (QED) is 0.891. The van der Waals surface area contributed by atoms with Crippen molar-refractivity contribution in [2.45, 2.75) is 5.03 Å². The molecule has 0 radical (unpaired) electrons. The molecule has 1 aromatic heterocycles. The van der Waals surface area contributed by atoms with Crippen LogP contribution in [0, 0.1) is 11.3 Å². The number of nitrogens with two attached hydrogens (primary N) is 1. The van der Waals surface area contributed by atoms with Crippen LogP contribution in [0.15, 0.2) is 41.4 Å². The lowest BCUT2D eigenvalue weighted by Crippen LogP contribution is -2.02. The average Bonchev–Trinajstić information content (AvgIpc) is 2.38. The van der Waals surface area contributed by atoms with Crippen molar-refractivity contribution < 1.29 is 4.21 Å². The Bertz CT molecular complexity index is 647. The molecule has 1 aromatic carbocycles. The van der Waals surface area contributed by atoms with Gasteiger partial charge in [-0.3, -0.25) is 4.21 Å². The molecule has 0 aliphatic heterocycles. The highest BCUT2D eigenvalue weighted by Crippen LogP contribution is 2.27. The summed E-state index contributed by atoms with van der Waals surface area (Å²) in [5, 5.41) is 9.52. The molecule has 90 valence electrons. The van der Waals surface area contributed by atoms with Crippen molar-refractivity contribution in [1.82, 2.24) is 4.98 Å². The van der Waals surface area contributed by atoms with Crippen molar-refractivity contribution in [3.8, 4) is 17.2 Å². The monoisotopic (exact) mass is 257 g/mol. The topological polar surface area (TPSA) is 79.8 Å². The van der Waals surface area contributed by atoms with Crippen molar-refractivity contribution in [2.24, 2.45) is 0 Å². The molecule has 5 heteroatoms. The number of pyridine rings is 1. The molecular weight excluding hydrogens is 246 g/mol. The minimum absolute atomic E-state index is 0.115. The highest BCUT2D eigenvalue weighted by Gasteiger charge is 2.13. The minimum Gasteiger partial charge on any atom is -0.383 e. The first kappa shape index (κ1) is 12.3. The Hall–Kier alpha value is -2.19. The van der Waals surface area contributed by atoms with E-state index in [4.69, 9.17) is 11.0 Å². The average molecular weight is 257 g/mol. The van der Waals surface area contributed by atoms with Crippen LogP contribution in [0.3, 0.4) is 0 Å². The summed E-state index contributed by atoms with van der Waals surface area (Å²) in [6.45, 7) is 0. The first-order chi connectivity index (χ1) is 8.63. The molecule has 4 nitrogen and oxygen atoms in total. The van der Waals surface area contributed by atoms with Crippen molar-refractivity contribution in [2.75, 3.05) is 12.0 Å². The van der Waals surface area contributed by atoms with E-state index in [1.165, 1.54) is 6.26 Å². The highest BCUT2D eigenvalue weighted by molar-refractivity contribution is 7.84. The minimum atomic E-state index is -1.23. The zero-order chi connectivity index (χ0) is 13.1. The number of rotatable bonds is 2. The molecule has 2 rings (SSSR count). The molecule has 2 aromatic rings. The highest BCUT2D eigenvalue weighted by atomic mass is 32.2. The summed E-state index contributed by atoms with van der Waals surface area (Å²) < 4.78 is 11.5. The summed E-state index contributed by atoms with van der Waals surface area (Å²) in [6, 6.07) is 13.1.